The molecule has 0 aromatic heterocycles. The van der Waals surface area contributed by atoms with E-state index < -0.39 is 0 Å². The molecule has 23 heavy (non-hydrogen) atoms. The van der Waals surface area contributed by atoms with Crippen LogP contribution in [0.5, 0.6) is 0 Å². The van der Waals surface area contributed by atoms with E-state index in [4.69, 9.17) is 4.74 Å². The fourth-order valence-electron chi connectivity index (χ4n) is 3.00. The van der Waals surface area contributed by atoms with Crippen LogP contribution in [0, 0.1) is 0 Å². The molecule has 2 aromatic rings. The van der Waals surface area contributed by atoms with Gasteiger partial charge >= 0.3 is 6.09 Å². The molecule has 1 fully saturated rings. The fraction of sp³-hybridized carbons (Fsp3) is 0.316. The zero-order chi connectivity index (χ0) is 16.1. The van der Waals surface area contributed by atoms with Crippen LogP contribution in [0.2, 0.25) is 0 Å². The summed E-state index contributed by atoms with van der Waals surface area (Å²) in [5, 5.41) is 2.94. The van der Waals surface area contributed by atoms with Crippen molar-refractivity contribution in [2.24, 2.45) is 0 Å². The summed E-state index contributed by atoms with van der Waals surface area (Å²) < 4.78 is 6.37. The van der Waals surface area contributed by atoms with Gasteiger partial charge in [-0.25, -0.2) is 4.79 Å². The predicted molar refractivity (Wildman–Crippen MR) is 94.3 cm³/mol. The van der Waals surface area contributed by atoms with Crippen LogP contribution in [-0.4, -0.2) is 12.6 Å². The predicted octanol–water partition coefficient (Wildman–Crippen LogP) is 4.80. The third kappa shape index (κ3) is 3.94. The van der Waals surface area contributed by atoms with E-state index in [9.17, 15) is 4.79 Å². The summed E-state index contributed by atoms with van der Waals surface area (Å²) in [5.41, 5.74) is 2.32. The van der Waals surface area contributed by atoms with Crippen LogP contribution >= 0.6 is 15.9 Å². The van der Waals surface area contributed by atoms with Crippen molar-refractivity contribution >= 4 is 22.0 Å². The average Bonchev–Trinajstić information content (AvgIpc) is 2.53. The zero-order valence-corrected chi connectivity index (χ0v) is 14.5. The summed E-state index contributed by atoms with van der Waals surface area (Å²) in [6.45, 7) is 0.924. The standard InChI is InChI=1S/C19H20BrNO2/c20-17-9-4-8-16(12-17)19(10-5-11-19)14-21-18(22)23-13-15-6-2-1-3-7-15/h1-4,6-9,12H,5,10-11,13-14H2,(H,21,22). The number of halogens is 1. The van der Waals surface area contributed by atoms with Crippen molar-refractivity contribution in [1.29, 1.82) is 0 Å². The molecule has 1 aliphatic carbocycles. The molecule has 2 aromatic carbocycles. The van der Waals surface area contributed by atoms with Crippen LogP contribution in [0.15, 0.2) is 59.1 Å². The maximum Gasteiger partial charge on any atom is 0.407 e. The van der Waals surface area contributed by atoms with Crippen molar-refractivity contribution in [2.75, 3.05) is 6.54 Å². The first-order valence-electron chi connectivity index (χ1n) is 7.89. The minimum Gasteiger partial charge on any atom is -0.445 e. The molecule has 1 aliphatic rings. The molecule has 0 bridgehead atoms. The van der Waals surface area contributed by atoms with Gasteiger partial charge < -0.3 is 10.1 Å². The Hall–Kier alpha value is -1.81. The first-order valence-corrected chi connectivity index (χ1v) is 8.68. The lowest BCUT2D eigenvalue weighted by Crippen LogP contribution is -2.45. The Bertz CT molecular complexity index is 668. The number of hydrogen-bond donors (Lipinski definition) is 1. The molecular weight excluding hydrogens is 354 g/mol. The molecule has 0 unspecified atom stereocenters. The van der Waals surface area contributed by atoms with E-state index in [-0.39, 0.29) is 11.5 Å². The molecule has 120 valence electrons. The first-order chi connectivity index (χ1) is 11.2. The lowest BCUT2D eigenvalue weighted by Gasteiger charge is -2.42. The Morgan fingerprint density at radius 2 is 1.91 bits per heavy atom. The van der Waals surface area contributed by atoms with Gasteiger partial charge in [-0.3, -0.25) is 0 Å². The first kappa shape index (κ1) is 16.1. The highest BCUT2D eigenvalue weighted by atomic mass is 79.9. The highest BCUT2D eigenvalue weighted by Crippen LogP contribution is 2.43. The molecule has 3 nitrogen and oxygen atoms in total. The van der Waals surface area contributed by atoms with Crippen LogP contribution in [0.1, 0.15) is 30.4 Å². The topological polar surface area (TPSA) is 38.3 Å². The molecule has 0 heterocycles. The van der Waals surface area contributed by atoms with Gasteiger partial charge in [-0.2, -0.15) is 0 Å². The Kier molecular flexibility index (Phi) is 5.01. The fourth-order valence-corrected chi connectivity index (χ4v) is 3.40. The number of nitrogens with one attached hydrogen (secondary N) is 1. The highest BCUT2D eigenvalue weighted by molar-refractivity contribution is 9.10. The van der Waals surface area contributed by atoms with E-state index in [2.05, 4.69) is 33.4 Å². The number of amides is 1. The van der Waals surface area contributed by atoms with Crippen LogP contribution in [0.25, 0.3) is 0 Å². The molecule has 1 N–H and O–H groups in total. The molecule has 3 rings (SSSR count). The third-order valence-electron chi connectivity index (χ3n) is 4.53. The van der Waals surface area contributed by atoms with E-state index in [1.807, 2.05) is 42.5 Å². The lowest BCUT2D eigenvalue weighted by molar-refractivity contribution is 0.131. The van der Waals surface area contributed by atoms with Gasteiger partial charge in [-0.1, -0.05) is 64.8 Å². The lowest BCUT2D eigenvalue weighted by atomic mass is 9.64. The monoisotopic (exact) mass is 373 g/mol. The summed E-state index contributed by atoms with van der Waals surface area (Å²) in [7, 11) is 0. The van der Waals surface area contributed by atoms with E-state index >= 15 is 0 Å². The molecule has 0 saturated heterocycles. The number of alkyl carbamates (subject to hydrolysis) is 1. The summed E-state index contributed by atoms with van der Waals surface area (Å²) in [6, 6.07) is 18.1. The Balaban J connectivity index is 1.55. The quantitative estimate of drug-likeness (QED) is 0.817. The molecular formula is C19H20BrNO2. The summed E-state index contributed by atoms with van der Waals surface area (Å²) in [6.07, 6.45) is 3.05. The van der Waals surface area contributed by atoms with Gasteiger partial charge in [0.25, 0.3) is 0 Å². The zero-order valence-electron chi connectivity index (χ0n) is 12.9. The van der Waals surface area contributed by atoms with E-state index in [1.54, 1.807) is 0 Å². The van der Waals surface area contributed by atoms with Crippen molar-refractivity contribution in [3.05, 3.63) is 70.2 Å². The van der Waals surface area contributed by atoms with Crippen molar-refractivity contribution in [1.82, 2.24) is 5.32 Å². The maximum atomic E-state index is 12.0. The molecule has 1 amide bonds. The van der Waals surface area contributed by atoms with Gasteiger partial charge in [0.15, 0.2) is 0 Å². The van der Waals surface area contributed by atoms with Crippen molar-refractivity contribution < 1.29 is 9.53 Å². The summed E-state index contributed by atoms with van der Waals surface area (Å²) >= 11 is 3.53. The molecule has 1 saturated carbocycles. The maximum absolute atomic E-state index is 12.0. The number of benzene rings is 2. The SMILES string of the molecule is O=C(NCC1(c2cccc(Br)c2)CCC1)OCc1ccccc1. The van der Waals surface area contributed by atoms with Gasteiger partial charge in [0.1, 0.15) is 6.61 Å². The minimum absolute atomic E-state index is 0.0511. The largest absolute Gasteiger partial charge is 0.445 e. The smallest absolute Gasteiger partial charge is 0.407 e. The van der Waals surface area contributed by atoms with Crippen molar-refractivity contribution in [2.45, 2.75) is 31.3 Å². The van der Waals surface area contributed by atoms with E-state index in [1.165, 1.54) is 12.0 Å². The van der Waals surface area contributed by atoms with Crippen molar-refractivity contribution in [3.8, 4) is 0 Å². The summed E-state index contributed by atoms with van der Waals surface area (Å²) in [5.74, 6) is 0. The third-order valence-corrected chi connectivity index (χ3v) is 5.02. The van der Waals surface area contributed by atoms with Crippen molar-refractivity contribution in [3.63, 3.8) is 0 Å². The van der Waals surface area contributed by atoms with Gasteiger partial charge in [-0.15, -0.1) is 0 Å². The van der Waals surface area contributed by atoms with Crippen LogP contribution < -0.4 is 5.32 Å². The van der Waals surface area contributed by atoms with E-state index in [0.717, 1.165) is 22.9 Å². The van der Waals surface area contributed by atoms with Gasteiger partial charge in [0.05, 0.1) is 0 Å². The second-order valence-corrected chi connectivity index (χ2v) is 6.98. The molecule has 0 radical (unpaired) electrons. The molecule has 0 aliphatic heterocycles. The number of carbonyl (C=O) groups is 1. The Morgan fingerprint density at radius 1 is 1.13 bits per heavy atom. The van der Waals surface area contributed by atoms with Crippen LogP contribution in [0.3, 0.4) is 0 Å². The van der Waals surface area contributed by atoms with Crippen LogP contribution in [0.4, 0.5) is 4.79 Å². The number of rotatable bonds is 5. The van der Waals surface area contributed by atoms with Gasteiger partial charge in [0.2, 0.25) is 0 Å². The number of carbonyl (C=O) groups excluding carboxylic acids is 1. The molecule has 4 heteroatoms. The normalized spacial score (nSPS) is 15.5. The second-order valence-electron chi connectivity index (χ2n) is 6.06. The molecule has 0 atom stereocenters. The minimum atomic E-state index is -0.352. The number of ether oxygens (including phenoxy) is 1. The molecule has 0 spiro atoms. The van der Waals surface area contributed by atoms with E-state index in [0.29, 0.717) is 13.2 Å². The van der Waals surface area contributed by atoms with Crippen LogP contribution in [-0.2, 0) is 16.8 Å². The Labute approximate surface area is 145 Å². The summed E-state index contributed by atoms with van der Waals surface area (Å²) in [4.78, 5) is 12.0. The van der Waals surface area contributed by atoms with Gasteiger partial charge in [-0.05, 0) is 36.1 Å². The highest BCUT2D eigenvalue weighted by Gasteiger charge is 2.39. The Morgan fingerprint density at radius 3 is 2.57 bits per heavy atom. The average molecular weight is 374 g/mol. The second kappa shape index (κ2) is 7.18. The number of hydrogen-bond acceptors (Lipinski definition) is 2. The van der Waals surface area contributed by atoms with Gasteiger partial charge in [0, 0.05) is 16.4 Å².